The highest BCUT2D eigenvalue weighted by molar-refractivity contribution is 7.80. The second-order valence-electron chi connectivity index (χ2n) is 6.48. The number of nitrogens with zero attached hydrogens (tertiary/aromatic N) is 3. The van der Waals surface area contributed by atoms with Gasteiger partial charge in [0.2, 0.25) is 5.91 Å². The van der Waals surface area contributed by atoms with E-state index in [-0.39, 0.29) is 25.4 Å². The number of imide groups is 1. The van der Waals surface area contributed by atoms with Gasteiger partial charge in [-0.25, -0.2) is 15.6 Å². The van der Waals surface area contributed by atoms with Crippen molar-refractivity contribution in [2.24, 2.45) is 17.5 Å². The molecule has 3 fully saturated rings. The van der Waals surface area contributed by atoms with Gasteiger partial charge in [0, 0.05) is 18.5 Å². The summed E-state index contributed by atoms with van der Waals surface area (Å²) < 4.78 is 34.7. The highest BCUT2D eigenvalue weighted by atomic mass is 32.3. The third kappa shape index (κ3) is 3.32. The molecule has 2 saturated heterocycles. The number of carbonyl (C=O) groups excluding carboxylic acids is 3. The number of urea groups is 1. The minimum absolute atomic E-state index is 0.0289. The molecule has 2 atom stereocenters. The lowest BCUT2D eigenvalue weighted by Crippen LogP contribution is -2.58. The molecule has 12 nitrogen and oxygen atoms in total. The second-order valence-corrected chi connectivity index (χ2v) is 7.49. The summed E-state index contributed by atoms with van der Waals surface area (Å²) in [7, 11) is -4.87. The summed E-state index contributed by atoms with van der Waals surface area (Å²) >= 11 is 0. The Balaban J connectivity index is 1.69. The summed E-state index contributed by atoms with van der Waals surface area (Å²) in [6.45, 7) is 0.0289. The van der Waals surface area contributed by atoms with Crippen molar-refractivity contribution in [1.29, 1.82) is 0 Å². The van der Waals surface area contributed by atoms with E-state index >= 15 is 0 Å². The minimum Gasteiger partial charge on any atom is -0.328 e. The maximum Gasteiger partial charge on any atom is 0.418 e. The largest absolute Gasteiger partial charge is 0.418 e. The molecule has 0 radical (unpaired) electrons. The lowest BCUT2D eigenvalue weighted by Gasteiger charge is -2.36. The van der Waals surface area contributed by atoms with Crippen molar-refractivity contribution in [2.45, 2.75) is 43.8 Å². The van der Waals surface area contributed by atoms with Crippen molar-refractivity contribution < 1.29 is 31.6 Å². The van der Waals surface area contributed by atoms with Crippen LogP contribution in [0.25, 0.3) is 0 Å². The van der Waals surface area contributed by atoms with E-state index in [1.54, 1.807) is 0 Å². The van der Waals surface area contributed by atoms with Crippen LogP contribution in [0.1, 0.15) is 25.7 Å². The van der Waals surface area contributed by atoms with E-state index in [1.807, 2.05) is 0 Å². The zero-order valence-electron chi connectivity index (χ0n) is 13.1. The first-order valence-electron chi connectivity index (χ1n) is 7.73. The quantitative estimate of drug-likeness (QED) is 0.164. The Labute approximate surface area is 143 Å². The molecule has 2 heterocycles. The van der Waals surface area contributed by atoms with Crippen LogP contribution in [0.3, 0.4) is 0 Å². The molecule has 2 bridgehead atoms. The fourth-order valence-electron chi connectivity index (χ4n) is 3.42. The smallest absolute Gasteiger partial charge is 0.328 e. The fraction of sp³-hybridized carbons (Fsp3) is 0.750. The topological polar surface area (TPSA) is 177 Å². The molecule has 3 aliphatic rings. The lowest BCUT2D eigenvalue weighted by molar-refractivity contribution is -0.152. The zero-order valence-corrected chi connectivity index (χ0v) is 14.0. The first-order valence-corrected chi connectivity index (χ1v) is 9.10. The second kappa shape index (κ2) is 6.17. The fourth-order valence-corrected chi connectivity index (χ4v) is 3.81. The van der Waals surface area contributed by atoms with Crippen LogP contribution < -0.4 is 11.6 Å². The predicted octanol–water partition coefficient (Wildman–Crippen LogP) is -2.04. The highest BCUT2D eigenvalue weighted by Crippen LogP contribution is 2.32. The van der Waals surface area contributed by atoms with Crippen molar-refractivity contribution in [3.05, 3.63) is 0 Å². The number of hydrogen-bond donors (Lipinski definition) is 3. The Hall–Kier alpha value is -1.80. The van der Waals surface area contributed by atoms with Crippen LogP contribution >= 0.6 is 0 Å². The highest BCUT2D eigenvalue weighted by Gasteiger charge is 2.51. The molecule has 4 amide bonds. The number of amides is 4. The molecular weight excluding hydrogens is 358 g/mol. The molecule has 2 unspecified atom stereocenters. The summed E-state index contributed by atoms with van der Waals surface area (Å²) in [5.41, 5.74) is 5.62. The number of rotatable bonds is 4. The molecule has 25 heavy (non-hydrogen) atoms. The van der Waals surface area contributed by atoms with Gasteiger partial charge in [-0.15, -0.1) is 4.28 Å². The van der Waals surface area contributed by atoms with Gasteiger partial charge >= 0.3 is 16.4 Å². The Morgan fingerprint density at radius 3 is 2.44 bits per heavy atom. The summed E-state index contributed by atoms with van der Waals surface area (Å²) in [6, 6.07) is -2.59. The van der Waals surface area contributed by atoms with Crippen molar-refractivity contribution in [3.63, 3.8) is 0 Å². The number of nitrogens with two attached hydrogens (primary N) is 2. The summed E-state index contributed by atoms with van der Waals surface area (Å²) in [4.78, 5) is 38.0. The average molecular weight is 377 g/mol. The van der Waals surface area contributed by atoms with E-state index in [1.165, 1.54) is 0 Å². The number of hydrogen-bond acceptors (Lipinski definition) is 8. The standard InChI is InChI=1S/C12H19N5O7S/c13-7-3-6(4-7)10(18)16(14)11(19)9-2-1-8-5-15(9)12(20)17(8)24-25(21,22)23/h6-9H,1-5,13-14H2,(H,21,22,23). The summed E-state index contributed by atoms with van der Waals surface area (Å²) in [6.07, 6.45) is 1.34. The van der Waals surface area contributed by atoms with Gasteiger partial charge < -0.3 is 10.6 Å². The van der Waals surface area contributed by atoms with E-state index < -0.39 is 46.2 Å². The van der Waals surface area contributed by atoms with E-state index in [2.05, 4.69) is 4.28 Å². The van der Waals surface area contributed by atoms with E-state index in [4.69, 9.17) is 16.1 Å². The van der Waals surface area contributed by atoms with Crippen molar-refractivity contribution in [3.8, 4) is 0 Å². The molecule has 1 aliphatic carbocycles. The van der Waals surface area contributed by atoms with Crippen molar-refractivity contribution in [1.82, 2.24) is 15.0 Å². The van der Waals surface area contributed by atoms with Gasteiger partial charge in [-0.2, -0.15) is 13.5 Å². The molecule has 5 N–H and O–H groups in total. The first-order chi connectivity index (χ1) is 11.6. The number of hydroxylamine groups is 2. The zero-order chi connectivity index (χ0) is 18.5. The van der Waals surface area contributed by atoms with Crippen LogP contribution in [0.2, 0.25) is 0 Å². The molecule has 3 rings (SSSR count). The Morgan fingerprint density at radius 1 is 1.24 bits per heavy atom. The van der Waals surface area contributed by atoms with Crippen molar-refractivity contribution >= 4 is 28.2 Å². The Bertz CT molecular complexity index is 707. The Kier molecular flexibility index (Phi) is 4.45. The van der Waals surface area contributed by atoms with Gasteiger partial charge in [0.05, 0.1) is 6.04 Å². The maximum absolute atomic E-state index is 12.5. The molecule has 1 saturated carbocycles. The Morgan fingerprint density at radius 2 is 1.88 bits per heavy atom. The minimum atomic E-state index is -4.87. The molecule has 0 spiro atoms. The molecule has 140 valence electrons. The first kappa shape index (κ1) is 18.0. The van der Waals surface area contributed by atoms with Crippen LogP contribution in [0, 0.1) is 5.92 Å². The van der Waals surface area contributed by atoms with Gasteiger partial charge in [0.15, 0.2) is 0 Å². The predicted molar refractivity (Wildman–Crippen MR) is 80.1 cm³/mol. The van der Waals surface area contributed by atoms with Gasteiger partial charge in [0.1, 0.15) is 6.04 Å². The number of hydrazine groups is 1. The molecule has 0 aromatic heterocycles. The van der Waals surface area contributed by atoms with Crippen LogP contribution in [0.15, 0.2) is 0 Å². The van der Waals surface area contributed by atoms with Crippen LogP contribution in [0.5, 0.6) is 0 Å². The van der Waals surface area contributed by atoms with Crippen LogP contribution in [-0.4, -0.2) is 70.5 Å². The molecule has 0 aromatic carbocycles. The number of piperidine rings is 1. The van der Waals surface area contributed by atoms with Crippen LogP contribution in [0.4, 0.5) is 4.79 Å². The molecule has 2 aliphatic heterocycles. The summed E-state index contributed by atoms with van der Waals surface area (Å²) in [5, 5.41) is 1.04. The SMILES string of the molecule is NC1CC(C(=O)N(N)C(=O)C2CCC3CN2C(=O)N3OS(=O)(=O)O)C1. The normalized spacial score (nSPS) is 31.7. The van der Waals surface area contributed by atoms with E-state index in [0.29, 0.717) is 22.9 Å². The third-order valence-corrected chi connectivity index (χ3v) is 5.13. The molecule has 13 heteroatoms. The monoisotopic (exact) mass is 377 g/mol. The average Bonchev–Trinajstić information content (AvgIpc) is 2.74. The number of fused-ring (bicyclic) bond motifs is 2. The van der Waals surface area contributed by atoms with E-state index in [0.717, 1.165) is 4.90 Å². The van der Waals surface area contributed by atoms with Crippen LogP contribution in [-0.2, 0) is 24.3 Å². The summed E-state index contributed by atoms with van der Waals surface area (Å²) in [5.74, 6) is 3.93. The third-order valence-electron chi connectivity index (χ3n) is 4.78. The van der Waals surface area contributed by atoms with E-state index in [9.17, 15) is 22.8 Å². The number of carbonyl (C=O) groups is 3. The maximum atomic E-state index is 12.5. The van der Waals surface area contributed by atoms with Gasteiger partial charge in [-0.3, -0.25) is 14.1 Å². The van der Waals surface area contributed by atoms with Gasteiger partial charge in [-0.1, -0.05) is 0 Å². The lowest BCUT2D eigenvalue weighted by atomic mass is 9.80. The van der Waals surface area contributed by atoms with Crippen molar-refractivity contribution in [2.75, 3.05) is 6.54 Å². The van der Waals surface area contributed by atoms with Gasteiger partial charge in [0.25, 0.3) is 5.91 Å². The molecule has 0 aromatic rings. The van der Waals surface area contributed by atoms with Gasteiger partial charge in [-0.05, 0) is 25.7 Å². The molecular formula is C12H19N5O7S.